The topological polar surface area (TPSA) is 183 Å². The molecule has 0 bridgehead atoms. The molecular formula is C56H62N8O4. The third-order valence-corrected chi connectivity index (χ3v) is 15.4. The quantitative estimate of drug-likeness (QED) is 0.0628. The first kappa shape index (κ1) is 44.7. The predicted octanol–water partition coefficient (Wildman–Crippen LogP) is 12.1. The normalized spacial score (nSPS) is 16.1. The van der Waals surface area contributed by atoms with Crippen LogP contribution in [0.2, 0.25) is 0 Å². The molecule has 2 aliphatic heterocycles. The van der Waals surface area contributed by atoms with Crippen LogP contribution >= 0.6 is 0 Å². The fourth-order valence-corrected chi connectivity index (χ4v) is 12.5. The van der Waals surface area contributed by atoms with Crippen molar-refractivity contribution in [1.82, 2.24) is 18.3 Å². The number of aromatic nitrogens is 4. The largest absolute Gasteiger partial charge is 0.478 e. The summed E-state index contributed by atoms with van der Waals surface area (Å²) in [6.45, 7) is 3.38. The number of nitrogens with zero attached hydrogens (tertiary/aromatic N) is 4. The SMILES string of the molecule is C.COC(=O)c1ccc2c(C3CCCCC3)c3n(c2c1)CCCn1cc(C(=N)N)c2cccc-3c21.N=C(N)c1cn2c3c(cccc13)-c1c(C3CCCCC3)c3ccc(C(=O)O)cc3n1CCC2. The number of carboxylic acids is 1. The lowest BCUT2D eigenvalue weighted by Crippen LogP contribution is -2.11. The second-order valence-corrected chi connectivity index (χ2v) is 19.2. The Kier molecular flexibility index (Phi) is 11.8. The highest BCUT2D eigenvalue weighted by Crippen LogP contribution is 2.49. The number of para-hydroxylation sites is 2. The number of fused-ring (bicyclic) bond motifs is 8. The van der Waals surface area contributed by atoms with Gasteiger partial charge in [-0.25, -0.2) is 9.59 Å². The van der Waals surface area contributed by atoms with Crippen molar-refractivity contribution in [3.8, 4) is 22.5 Å². The van der Waals surface area contributed by atoms with E-state index in [4.69, 9.17) is 27.0 Å². The van der Waals surface area contributed by atoms with E-state index in [-0.39, 0.29) is 25.1 Å². The Morgan fingerprint density at radius 3 is 1.46 bits per heavy atom. The van der Waals surface area contributed by atoms with Crippen molar-refractivity contribution in [3.05, 3.63) is 119 Å². The minimum Gasteiger partial charge on any atom is -0.478 e. The highest BCUT2D eigenvalue weighted by Gasteiger charge is 2.32. The van der Waals surface area contributed by atoms with Crippen molar-refractivity contribution in [2.24, 2.45) is 11.5 Å². The van der Waals surface area contributed by atoms with Gasteiger partial charge in [-0.3, -0.25) is 10.8 Å². The standard InChI is InChI=1S/C28H30N4O2.C27H28N4O2.CH4/c1-34-28(33)18-11-12-20-23(15-18)32-14-6-13-31-16-22(27(29)30)19-9-5-10-21(25(19)31)26(32)24(20)17-7-3-2-4-8-17;28-26(29)21-15-30-12-5-13-31-22-14-17(27(32)33)10-11-19(22)23(16-6-2-1-3-7-16)25(31)20-9-4-8-18(21)24(20)30;/h5,9-12,15-17H,2-4,6-8,13-14H2,1H3,(H3,29,30);4,8-11,14-16H,1-3,5-7,12-13H2,(H3,28,29)(H,32,33);1H4. The number of aromatic carboxylic acids is 1. The smallest absolute Gasteiger partial charge is 0.337 e. The van der Waals surface area contributed by atoms with Gasteiger partial charge in [0.05, 0.1) is 40.7 Å². The number of amidine groups is 2. The van der Waals surface area contributed by atoms with Crippen LogP contribution in [-0.2, 0) is 30.9 Å². The predicted molar refractivity (Wildman–Crippen MR) is 274 cm³/mol. The van der Waals surface area contributed by atoms with Crippen LogP contribution in [0, 0.1) is 10.8 Å². The van der Waals surface area contributed by atoms with Gasteiger partial charge in [-0.15, -0.1) is 0 Å². The lowest BCUT2D eigenvalue weighted by Gasteiger charge is -2.25. The molecular weight excluding hydrogens is 849 g/mol. The van der Waals surface area contributed by atoms with Gasteiger partial charge < -0.3 is 39.6 Å². The zero-order chi connectivity index (χ0) is 46.1. The average molecular weight is 911 g/mol. The number of hydrogen-bond acceptors (Lipinski definition) is 5. The number of carboxylic acid groups (broad SMARTS) is 1. The summed E-state index contributed by atoms with van der Waals surface area (Å²) in [4.78, 5) is 24.2. The summed E-state index contributed by atoms with van der Waals surface area (Å²) in [7, 11) is 1.43. The van der Waals surface area contributed by atoms with Crippen molar-refractivity contribution < 1.29 is 19.4 Å². The van der Waals surface area contributed by atoms with E-state index in [9.17, 15) is 14.7 Å². The monoisotopic (exact) mass is 910 g/mol. The van der Waals surface area contributed by atoms with Crippen molar-refractivity contribution in [2.75, 3.05) is 7.11 Å². The molecule has 4 aromatic carbocycles. The van der Waals surface area contributed by atoms with Crippen molar-refractivity contribution in [2.45, 2.75) is 122 Å². The number of nitrogens with two attached hydrogens (primary N) is 2. The Morgan fingerprint density at radius 2 is 1.03 bits per heavy atom. The van der Waals surface area contributed by atoms with E-state index < -0.39 is 5.97 Å². The number of benzene rings is 4. The summed E-state index contributed by atoms with van der Waals surface area (Å²) in [5.74, 6) is -0.0187. The molecule has 0 radical (unpaired) electrons. The van der Waals surface area contributed by atoms with E-state index in [1.54, 1.807) is 6.07 Å². The van der Waals surface area contributed by atoms with Crippen LogP contribution in [0.5, 0.6) is 0 Å². The Bertz CT molecular complexity index is 3330. The average Bonchev–Trinajstić information content (AvgIpc) is 4.08. The summed E-state index contributed by atoms with van der Waals surface area (Å²) in [6, 6.07) is 24.4. The number of ether oxygens (including phenoxy) is 1. The molecule has 68 heavy (non-hydrogen) atoms. The second kappa shape index (κ2) is 17.9. The molecule has 0 atom stereocenters. The number of nitrogen functional groups attached to an aromatic ring is 2. The van der Waals surface area contributed by atoms with Gasteiger partial charge in [0, 0.05) is 93.4 Å². The molecule has 12 nitrogen and oxygen atoms in total. The number of hydrogen-bond donors (Lipinski definition) is 5. The lowest BCUT2D eigenvalue weighted by atomic mass is 9.81. The van der Waals surface area contributed by atoms with E-state index in [1.807, 2.05) is 36.7 Å². The Hall–Kier alpha value is -7.08. The first-order chi connectivity index (χ1) is 32.6. The Morgan fingerprint density at radius 1 is 0.588 bits per heavy atom. The summed E-state index contributed by atoms with van der Waals surface area (Å²) in [5, 5.41) is 30.4. The molecule has 2 aliphatic carbocycles. The third-order valence-electron chi connectivity index (χ3n) is 15.4. The van der Waals surface area contributed by atoms with Crippen LogP contribution in [-0.4, -0.2) is 54.1 Å². The molecule has 0 saturated heterocycles. The summed E-state index contributed by atoms with van der Waals surface area (Å²) in [6.07, 6.45) is 18.3. The van der Waals surface area contributed by atoms with Gasteiger partial charge in [0.2, 0.25) is 0 Å². The number of esters is 1. The molecule has 4 aromatic heterocycles. The van der Waals surface area contributed by atoms with Gasteiger partial charge in [-0.1, -0.05) is 94.5 Å². The minimum atomic E-state index is -0.889. The fraction of sp³-hybridized carbons (Fsp3) is 0.357. The molecule has 12 heteroatoms. The van der Waals surface area contributed by atoms with Crippen LogP contribution in [0.3, 0.4) is 0 Å². The van der Waals surface area contributed by atoms with Crippen LogP contribution in [0.4, 0.5) is 0 Å². The van der Waals surface area contributed by atoms with E-state index in [1.165, 1.54) is 110 Å². The Balaban J connectivity index is 0.000000156. The molecule has 2 fully saturated rings. The Labute approximate surface area is 396 Å². The molecule has 0 unspecified atom stereocenters. The van der Waals surface area contributed by atoms with Gasteiger partial charge >= 0.3 is 11.9 Å². The number of nitrogens with one attached hydrogen (secondary N) is 2. The molecule has 12 rings (SSSR count). The van der Waals surface area contributed by atoms with Crippen LogP contribution in [0.25, 0.3) is 66.1 Å². The van der Waals surface area contributed by atoms with Crippen molar-refractivity contribution in [3.63, 3.8) is 0 Å². The maximum Gasteiger partial charge on any atom is 0.337 e. The molecule has 0 spiro atoms. The number of carbonyl (C=O) groups is 2. The van der Waals surface area contributed by atoms with Gasteiger partial charge in [0.25, 0.3) is 0 Å². The van der Waals surface area contributed by atoms with Gasteiger partial charge in [-0.2, -0.15) is 0 Å². The summed E-state index contributed by atoms with van der Waals surface area (Å²) < 4.78 is 14.4. The van der Waals surface area contributed by atoms with Crippen LogP contribution < -0.4 is 11.5 Å². The molecule has 350 valence electrons. The van der Waals surface area contributed by atoms with Crippen LogP contribution in [0.15, 0.2) is 85.2 Å². The highest BCUT2D eigenvalue weighted by molar-refractivity contribution is 6.13. The highest BCUT2D eigenvalue weighted by atomic mass is 16.5. The van der Waals surface area contributed by atoms with E-state index in [0.717, 1.165) is 88.6 Å². The number of carbonyl (C=O) groups excluding carboxylic acids is 1. The van der Waals surface area contributed by atoms with Crippen LogP contribution in [0.1, 0.15) is 139 Å². The zero-order valence-corrected chi connectivity index (χ0v) is 38.2. The molecule has 4 aliphatic rings. The van der Waals surface area contributed by atoms with E-state index >= 15 is 0 Å². The molecule has 0 amide bonds. The van der Waals surface area contributed by atoms with E-state index in [2.05, 4.69) is 60.7 Å². The van der Waals surface area contributed by atoms with Gasteiger partial charge in [0.1, 0.15) is 11.7 Å². The van der Waals surface area contributed by atoms with Gasteiger partial charge in [0.15, 0.2) is 0 Å². The lowest BCUT2D eigenvalue weighted by molar-refractivity contribution is 0.0600. The number of methoxy groups -OCH3 is 1. The maximum atomic E-state index is 12.4. The second-order valence-electron chi connectivity index (χ2n) is 19.2. The first-order valence-corrected chi connectivity index (χ1v) is 24.2. The first-order valence-electron chi connectivity index (χ1n) is 24.2. The summed E-state index contributed by atoms with van der Waals surface area (Å²) >= 11 is 0. The maximum absolute atomic E-state index is 12.4. The zero-order valence-electron chi connectivity index (χ0n) is 38.2. The van der Waals surface area contributed by atoms with E-state index in [0.29, 0.717) is 23.0 Å². The number of aryl methyl sites for hydroxylation is 4. The molecule has 8 aromatic rings. The van der Waals surface area contributed by atoms with Gasteiger partial charge in [-0.05, 0) is 85.8 Å². The summed E-state index contributed by atoms with van der Waals surface area (Å²) in [5.41, 5.74) is 26.5. The minimum absolute atomic E-state index is 0. The molecule has 2 saturated carbocycles. The third kappa shape index (κ3) is 7.27. The molecule has 7 N–H and O–H groups in total. The van der Waals surface area contributed by atoms with Crippen molar-refractivity contribution in [1.29, 1.82) is 10.8 Å². The molecule has 6 heterocycles. The number of rotatable bonds is 6. The van der Waals surface area contributed by atoms with Crippen molar-refractivity contribution >= 4 is 67.2 Å². The fourth-order valence-electron chi connectivity index (χ4n) is 12.5.